The maximum absolute atomic E-state index is 10.9. The Labute approximate surface area is 224 Å². The van der Waals surface area contributed by atoms with Crippen LogP contribution < -0.4 is 9.31 Å². The van der Waals surface area contributed by atoms with Crippen LogP contribution >= 0.6 is 0 Å². The van der Waals surface area contributed by atoms with Crippen LogP contribution in [0.3, 0.4) is 0 Å². The molecule has 2 aromatic carbocycles. The van der Waals surface area contributed by atoms with Crippen LogP contribution in [-0.4, -0.2) is 35.7 Å². The molecule has 0 spiro atoms. The minimum Gasteiger partial charge on any atom is -0.523 e. The summed E-state index contributed by atoms with van der Waals surface area (Å²) < 4.78 is 41.9. The van der Waals surface area contributed by atoms with E-state index in [0.717, 1.165) is 17.1 Å². The minimum absolute atomic E-state index is 0.0648. The molecule has 0 unspecified atom stereocenters. The van der Waals surface area contributed by atoms with Crippen molar-refractivity contribution in [2.24, 2.45) is 0 Å². The number of rotatable bonds is 1. The van der Waals surface area contributed by atoms with Crippen LogP contribution in [0.1, 0.15) is 74.8 Å². The van der Waals surface area contributed by atoms with Gasteiger partial charge in [-0.15, -0.1) is 0 Å². The van der Waals surface area contributed by atoms with Gasteiger partial charge in [-0.25, -0.2) is 8.42 Å². The van der Waals surface area contributed by atoms with Crippen molar-refractivity contribution in [1.29, 1.82) is 0 Å². The number of hydrogen-bond donors (Lipinski definition) is 0. The van der Waals surface area contributed by atoms with Crippen molar-refractivity contribution in [2.75, 3.05) is 13.0 Å². The molecule has 9 heteroatoms. The molecule has 36 heavy (non-hydrogen) atoms. The molecule has 0 atom stereocenters. The highest BCUT2D eigenvalue weighted by atomic mass is 32.2. The van der Waals surface area contributed by atoms with Crippen LogP contribution in [0.15, 0.2) is 53.4 Å². The first-order valence-electron chi connectivity index (χ1n) is 13.2. The van der Waals surface area contributed by atoms with Crippen LogP contribution in [0.5, 0.6) is 11.5 Å². The van der Waals surface area contributed by atoms with Gasteiger partial charge >= 0.3 is 14.2 Å². The predicted molar refractivity (Wildman–Crippen MR) is 159 cm³/mol. The SMILES string of the molecule is CB1OCO1.CB1Oc2ccccc2O1.CC.CC.CC.CC.CC.Cc1ccc(S(C)(=O)=O)cc1. The highest BCUT2D eigenvalue weighted by Crippen LogP contribution is 2.32. The number of fused-ring (bicyclic) bond motifs is 1. The molecular weight excluding hydrogens is 474 g/mol. The van der Waals surface area contributed by atoms with Crippen LogP contribution in [0.4, 0.5) is 0 Å². The molecule has 2 heterocycles. The van der Waals surface area contributed by atoms with E-state index in [-0.39, 0.29) is 14.2 Å². The van der Waals surface area contributed by atoms with Crippen LogP contribution in [-0.2, 0) is 19.1 Å². The molecule has 2 aromatic rings. The lowest BCUT2D eigenvalue weighted by Crippen LogP contribution is -2.31. The molecule has 0 bridgehead atoms. The van der Waals surface area contributed by atoms with Gasteiger partial charge in [-0.2, -0.15) is 0 Å². The van der Waals surface area contributed by atoms with E-state index in [0.29, 0.717) is 11.7 Å². The summed E-state index contributed by atoms with van der Waals surface area (Å²) in [7, 11) is -3.08. The van der Waals surface area contributed by atoms with Gasteiger partial charge in [0.25, 0.3) is 0 Å². The molecule has 208 valence electrons. The Morgan fingerprint density at radius 1 is 0.639 bits per heavy atom. The first-order valence-corrected chi connectivity index (χ1v) is 15.1. The summed E-state index contributed by atoms with van der Waals surface area (Å²) >= 11 is 0. The van der Waals surface area contributed by atoms with Crippen molar-refractivity contribution in [3.05, 3.63) is 54.1 Å². The lowest BCUT2D eigenvalue weighted by atomic mass is 9.94. The van der Waals surface area contributed by atoms with E-state index in [2.05, 4.69) is 0 Å². The summed E-state index contributed by atoms with van der Waals surface area (Å²) in [4.78, 5) is 0.378. The summed E-state index contributed by atoms with van der Waals surface area (Å²) in [5.74, 6) is 1.69. The first kappa shape index (κ1) is 41.2. The molecular formula is C27H52B2O6S. The second-order valence-corrected chi connectivity index (χ2v) is 7.87. The molecule has 0 N–H and O–H groups in total. The fourth-order valence-corrected chi connectivity index (χ4v) is 2.65. The summed E-state index contributed by atoms with van der Waals surface area (Å²) in [5.41, 5.74) is 1.07. The predicted octanol–water partition coefficient (Wildman–Crippen LogP) is 8.21. The third-order valence-electron chi connectivity index (χ3n) is 3.49. The topological polar surface area (TPSA) is 71.1 Å². The molecule has 1 saturated heterocycles. The highest BCUT2D eigenvalue weighted by Gasteiger charge is 2.24. The quantitative estimate of drug-likeness (QED) is 0.349. The maximum Gasteiger partial charge on any atom is 0.591 e. The second-order valence-electron chi connectivity index (χ2n) is 5.85. The van der Waals surface area contributed by atoms with Gasteiger partial charge in [0.15, 0.2) is 9.84 Å². The third kappa shape index (κ3) is 20.3. The lowest BCUT2D eigenvalue weighted by Gasteiger charge is -2.18. The summed E-state index contributed by atoms with van der Waals surface area (Å²) in [6, 6.07) is 14.5. The van der Waals surface area contributed by atoms with E-state index in [1.807, 2.05) is 114 Å². The maximum atomic E-state index is 10.9. The molecule has 0 aromatic heterocycles. The van der Waals surface area contributed by atoms with E-state index in [9.17, 15) is 8.42 Å². The number of hydrogen-bond acceptors (Lipinski definition) is 6. The monoisotopic (exact) mass is 526 g/mol. The number of sulfone groups is 1. The van der Waals surface area contributed by atoms with Gasteiger partial charge in [-0.1, -0.05) is 99.1 Å². The van der Waals surface area contributed by atoms with Crippen molar-refractivity contribution >= 4 is 24.1 Å². The Balaban J connectivity index is -0.000000187. The van der Waals surface area contributed by atoms with Crippen molar-refractivity contribution in [1.82, 2.24) is 0 Å². The second kappa shape index (κ2) is 27.6. The Hall–Kier alpha value is -1.96. The van der Waals surface area contributed by atoms with E-state index in [1.54, 1.807) is 24.3 Å². The molecule has 6 nitrogen and oxygen atoms in total. The van der Waals surface area contributed by atoms with Gasteiger partial charge in [-0.3, -0.25) is 0 Å². The normalized spacial score (nSPS) is 11.3. The van der Waals surface area contributed by atoms with Gasteiger partial charge in [-0.05, 0) is 44.8 Å². The molecule has 4 rings (SSSR count). The van der Waals surface area contributed by atoms with Crippen LogP contribution in [0, 0.1) is 6.92 Å². The molecule has 0 radical (unpaired) electrons. The standard InChI is InChI=1S/C8H10O2S.C7H7BO2.C2H5BO2.5C2H6/c1-7-3-5-8(6-4-7)11(2,9)10;1-8-9-6-4-2-3-5-7(6)10-8;1-3-4-2-5-3;5*1-2/h3-6H,1-2H3;2-5H,1H3;2H2,1H3;5*1-2H3. The van der Waals surface area contributed by atoms with Gasteiger partial charge in [0, 0.05) is 6.26 Å². The molecule has 0 saturated carbocycles. The van der Waals surface area contributed by atoms with Crippen LogP contribution in [0.2, 0.25) is 13.6 Å². The average Bonchev–Trinajstić information content (AvgIpc) is 3.29. The first-order chi connectivity index (χ1) is 17.3. The summed E-state index contributed by atoms with van der Waals surface area (Å²) in [6.07, 6.45) is 1.21. The largest absolute Gasteiger partial charge is 0.591 e. The van der Waals surface area contributed by atoms with Gasteiger partial charge in [0.2, 0.25) is 0 Å². The molecule has 2 aliphatic heterocycles. The zero-order valence-corrected chi connectivity index (χ0v) is 26.2. The zero-order valence-electron chi connectivity index (χ0n) is 25.3. The molecule has 0 amide bonds. The smallest absolute Gasteiger partial charge is 0.523 e. The molecule has 0 aliphatic carbocycles. The summed E-state index contributed by atoms with van der Waals surface area (Å²) in [5, 5.41) is 0. The minimum atomic E-state index is -3.02. The Kier molecular flexibility index (Phi) is 31.6. The van der Waals surface area contributed by atoms with Crippen LogP contribution in [0.25, 0.3) is 0 Å². The van der Waals surface area contributed by atoms with Crippen molar-refractivity contribution in [3.8, 4) is 11.5 Å². The van der Waals surface area contributed by atoms with E-state index in [1.165, 1.54) is 6.26 Å². The fourth-order valence-electron chi connectivity index (χ4n) is 2.02. The summed E-state index contributed by atoms with van der Waals surface area (Å²) in [6.45, 7) is 26.1. The Morgan fingerprint density at radius 3 is 1.22 bits per heavy atom. The molecule has 2 aliphatic rings. The van der Waals surface area contributed by atoms with E-state index in [4.69, 9.17) is 18.6 Å². The van der Waals surface area contributed by atoms with Crippen molar-refractivity contribution in [2.45, 2.75) is 94.7 Å². The zero-order chi connectivity index (χ0) is 29.2. The van der Waals surface area contributed by atoms with Gasteiger partial charge < -0.3 is 18.6 Å². The Morgan fingerprint density at radius 2 is 0.972 bits per heavy atom. The van der Waals surface area contributed by atoms with Crippen molar-refractivity contribution in [3.63, 3.8) is 0 Å². The third-order valence-corrected chi connectivity index (χ3v) is 4.62. The van der Waals surface area contributed by atoms with Crippen molar-refractivity contribution < 1.29 is 27.0 Å². The van der Waals surface area contributed by atoms with Gasteiger partial charge in [0.05, 0.1) is 4.90 Å². The number of para-hydroxylation sites is 2. The highest BCUT2D eigenvalue weighted by molar-refractivity contribution is 7.90. The number of benzene rings is 2. The number of aryl methyl sites for hydroxylation is 1. The Bertz CT molecular complexity index is 786. The van der Waals surface area contributed by atoms with Gasteiger partial charge in [0.1, 0.15) is 18.3 Å². The van der Waals surface area contributed by atoms with E-state index >= 15 is 0 Å². The molecule has 1 fully saturated rings. The lowest BCUT2D eigenvalue weighted by molar-refractivity contribution is -0.00865. The van der Waals surface area contributed by atoms with E-state index < -0.39 is 9.84 Å². The fraction of sp³-hybridized carbons (Fsp3) is 0.556. The average molecular weight is 526 g/mol.